The van der Waals surface area contributed by atoms with E-state index in [1.54, 1.807) is 13.8 Å². The molecule has 94 valence electrons. The van der Waals surface area contributed by atoms with Gasteiger partial charge in [-0.3, -0.25) is 4.79 Å². The molecule has 1 aromatic rings. The second-order valence-electron chi connectivity index (χ2n) is 3.61. The molecule has 3 nitrogen and oxygen atoms in total. The average Bonchev–Trinajstić information content (AvgIpc) is 2.26. The second-order valence-corrected chi connectivity index (χ2v) is 4.02. The standard InChI is InChI=1S/C12H15ClFNO2/c1-3-7(12(16)17-4-2)8-5-9(13)11(15)6-10(8)14/h5-7H,3-4,15H2,1-2H3. The Morgan fingerprint density at radius 3 is 2.71 bits per heavy atom. The zero-order valence-corrected chi connectivity index (χ0v) is 10.6. The fourth-order valence-electron chi connectivity index (χ4n) is 1.60. The lowest BCUT2D eigenvalue weighted by Gasteiger charge is -2.15. The van der Waals surface area contributed by atoms with Crippen LogP contribution in [0.15, 0.2) is 12.1 Å². The minimum atomic E-state index is -0.645. The maximum atomic E-state index is 13.7. The van der Waals surface area contributed by atoms with Gasteiger partial charge in [-0.2, -0.15) is 0 Å². The quantitative estimate of drug-likeness (QED) is 0.668. The maximum absolute atomic E-state index is 13.7. The molecule has 1 rings (SSSR count). The monoisotopic (exact) mass is 259 g/mol. The van der Waals surface area contributed by atoms with Crippen LogP contribution in [-0.4, -0.2) is 12.6 Å². The molecule has 0 aliphatic rings. The molecule has 0 saturated carbocycles. The molecule has 0 amide bonds. The summed E-state index contributed by atoms with van der Waals surface area (Å²) in [6.45, 7) is 3.75. The fourth-order valence-corrected chi connectivity index (χ4v) is 1.77. The van der Waals surface area contributed by atoms with E-state index in [1.165, 1.54) is 6.07 Å². The average molecular weight is 260 g/mol. The first-order valence-electron chi connectivity index (χ1n) is 5.42. The molecule has 1 unspecified atom stereocenters. The number of carbonyl (C=O) groups is 1. The third-order valence-electron chi connectivity index (χ3n) is 2.47. The summed E-state index contributed by atoms with van der Waals surface area (Å²) >= 11 is 5.82. The predicted molar refractivity (Wildman–Crippen MR) is 65.5 cm³/mol. The van der Waals surface area contributed by atoms with Gasteiger partial charge < -0.3 is 10.5 Å². The van der Waals surface area contributed by atoms with Gasteiger partial charge in [0.15, 0.2) is 0 Å². The van der Waals surface area contributed by atoms with Crippen molar-refractivity contribution in [2.45, 2.75) is 26.2 Å². The van der Waals surface area contributed by atoms with Gasteiger partial charge in [0.05, 0.1) is 23.2 Å². The summed E-state index contributed by atoms with van der Waals surface area (Å²) in [5.41, 5.74) is 5.86. The Hall–Kier alpha value is -1.29. The van der Waals surface area contributed by atoms with E-state index < -0.39 is 17.7 Å². The van der Waals surface area contributed by atoms with E-state index in [2.05, 4.69) is 0 Å². The van der Waals surface area contributed by atoms with E-state index in [0.29, 0.717) is 6.42 Å². The smallest absolute Gasteiger partial charge is 0.313 e. The molecule has 0 saturated heterocycles. The summed E-state index contributed by atoms with van der Waals surface area (Å²) in [4.78, 5) is 11.7. The van der Waals surface area contributed by atoms with E-state index >= 15 is 0 Å². The minimum Gasteiger partial charge on any atom is -0.466 e. The van der Waals surface area contributed by atoms with Gasteiger partial charge in [-0.05, 0) is 25.5 Å². The lowest BCUT2D eigenvalue weighted by molar-refractivity contribution is -0.145. The van der Waals surface area contributed by atoms with Crippen LogP contribution in [0.2, 0.25) is 5.02 Å². The number of benzene rings is 1. The molecule has 0 aliphatic carbocycles. The van der Waals surface area contributed by atoms with Crippen molar-refractivity contribution in [3.63, 3.8) is 0 Å². The molecular formula is C12H15ClFNO2. The lowest BCUT2D eigenvalue weighted by atomic mass is 9.96. The summed E-state index contributed by atoms with van der Waals surface area (Å²) in [6.07, 6.45) is 0.440. The molecule has 1 aromatic carbocycles. The number of nitrogen functional groups attached to an aromatic ring is 1. The highest BCUT2D eigenvalue weighted by atomic mass is 35.5. The molecule has 0 spiro atoms. The Balaban J connectivity index is 3.12. The summed E-state index contributed by atoms with van der Waals surface area (Å²) in [5.74, 6) is -1.63. The third kappa shape index (κ3) is 3.09. The van der Waals surface area contributed by atoms with E-state index in [9.17, 15) is 9.18 Å². The van der Waals surface area contributed by atoms with Crippen LogP contribution in [0, 0.1) is 5.82 Å². The number of anilines is 1. The molecule has 0 radical (unpaired) electrons. The molecule has 5 heteroatoms. The van der Waals surface area contributed by atoms with Crippen molar-refractivity contribution < 1.29 is 13.9 Å². The number of halogens is 2. The SMILES string of the molecule is CCOC(=O)C(CC)c1cc(Cl)c(N)cc1F. The van der Waals surface area contributed by atoms with E-state index in [-0.39, 0.29) is 22.9 Å². The zero-order valence-electron chi connectivity index (χ0n) is 9.80. The first kappa shape index (κ1) is 13.8. The summed E-state index contributed by atoms with van der Waals surface area (Å²) in [5, 5.41) is 0.240. The first-order chi connectivity index (χ1) is 8.01. The molecule has 17 heavy (non-hydrogen) atoms. The van der Waals surface area contributed by atoms with Gasteiger partial charge in [-0.15, -0.1) is 0 Å². The highest BCUT2D eigenvalue weighted by Gasteiger charge is 2.24. The molecule has 0 bridgehead atoms. The van der Waals surface area contributed by atoms with Gasteiger partial charge >= 0.3 is 5.97 Å². The highest BCUT2D eigenvalue weighted by Crippen LogP contribution is 2.30. The Kier molecular flexibility index (Phi) is 4.75. The van der Waals surface area contributed by atoms with Crippen LogP contribution in [0.4, 0.5) is 10.1 Å². The number of hydrogen-bond donors (Lipinski definition) is 1. The van der Waals surface area contributed by atoms with Crippen LogP contribution in [-0.2, 0) is 9.53 Å². The van der Waals surface area contributed by atoms with Crippen LogP contribution in [0.25, 0.3) is 0 Å². The zero-order chi connectivity index (χ0) is 13.0. The van der Waals surface area contributed by atoms with E-state index in [0.717, 1.165) is 6.07 Å². The van der Waals surface area contributed by atoms with Gasteiger partial charge in [-0.25, -0.2) is 4.39 Å². The molecule has 0 aromatic heterocycles. The topological polar surface area (TPSA) is 52.3 Å². The Morgan fingerprint density at radius 1 is 1.53 bits per heavy atom. The number of esters is 1. The highest BCUT2D eigenvalue weighted by molar-refractivity contribution is 6.33. The second kappa shape index (κ2) is 5.87. The van der Waals surface area contributed by atoms with E-state index in [1.807, 2.05) is 0 Å². The fraction of sp³-hybridized carbons (Fsp3) is 0.417. The van der Waals surface area contributed by atoms with Gasteiger partial charge in [0, 0.05) is 5.56 Å². The Labute approximate surface area is 105 Å². The summed E-state index contributed by atoms with van der Waals surface area (Å²) < 4.78 is 18.6. The molecule has 2 N–H and O–H groups in total. The van der Waals surface area contributed by atoms with Crippen LogP contribution < -0.4 is 5.73 Å². The van der Waals surface area contributed by atoms with Crippen molar-refractivity contribution in [1.29, 1.82) is 0 Å². The number of carbonyl (C=O) groups excluding carboxylic acids is 1. The molecule has 0 aliphatic heterocycles. The molecule has 0 fully saturated rings. The largest absolute Gasteiger partial charge is 0.466 e. The third-order valence-corrected chi connectivity index (χ3v) is 2.80. The number of hydrogen-bond acceptors (Lipinski definition) is 3. The van der Waals surface area contributed by atoms with Crippen LogP contribution in [0.1, 0.15) is 31.7 Å². The van der Waals surface area contributed by atoms with Crippen molar-refractivity contribution in [2.75, 3.05) is 12.3 Å². The molecule has 1 atom stereocenters. The number of rotatable bonds is 4. The van der Waals surface area contributed by atoms with Crippen LogP contribution in [0.5, 0.6) is 0 Å². The minimum absolute atomic E-state index is 0.159. The number of ether oxygens (including phenoxy) is 1. The van der Waals surface area contributed by atoms with Gasteiger partial charge in [0.1, 0.15) is 5.82 Å². The van der Waals surface area contributed by atoms with Gasteiger partial charge in [0.25, 0.3) is 0 Å². The predicted octanol–water partition coefficient (Wildman–Crippen LogP) is 3.12. The van der Waals surface area contributed by atoms with Gasteiger partial charge in [0.2, 0.25) is 0 Å². The normalized spacial score (nSPS) is 12.2. The molecular weight excluding hydrogens is 245 g/mol. The van der Waals surface area contributed by atoms with Crippen molar-refractivity contribution >= 4 is 23.3 Å². The van der Waals surface area contributed by atoms with Crippen LogP contribution in [0.3, 0.4) is 0 Å². The van der Waals surface area contributed by atoms with Crippen LogP contribution >= 0.6 is 11.6 Å². The maximum Gasteiger partial charge on any atom is 0.313 e. The van der Waals surface area contributed by atoms with Crippen molar-refractivity contribution in [3.8, 4) is 0 Å². The number of nitrogens with two attached hydrogens (primary N) is 1. The summed E-state index contributed by atoms with van der Waals surface area (Å²) in [7, 11) is 0. The first-order valence-corrected chi connectivity index (χ1v) is 5.80. The Bertz CT molecular complexity index is 423. The van der Waals surface area contributed by atoms with Crippen molar-refractivity contribution in [2.24, 2.45) is 0 Å². The van der Waals surface area contributed by atoms with Crippen molar-refractivity contribution in [3.05, 3.63) is 28.5 Å². The lowest BCUT2D eigenvalue weighted by Crippen LogP contribution is -2.16. The van der Waals surface area contributed by atoms with Gasteiger partial charge in [-0.1, -0.05) is 18.5 Å². The van der Waals surface area contributed by atoms with Crippen molar-refractivity contribution in [1.82, 2.24) is 0 Å². The molecule has 0 heterocycles. The summed E-state index contributed by atoms with van der Waals surface area (Å²) in [6, 6.07) is 2.51. The van der Waals surface area contributed by atoms with E-state index in [4.69, 9.17) is 22.1 Å². The Morgan fingerprint density at radius 2 is 2.18 bits per heavy atom.